The molecule has 6 nitrogen and oxygen atoms in total. The second-order valence-electron chi connectivity index (χ2n) is 7.94. The normalized spacial score (nSPS) is 26.9. The first kappa shape index (κ1) is 23.4. The summed E-state index contributed by atoms with van der Waals surface area (Å²) >= 11 is 0. The summed E-state index contributed by atoms with van der Waals surface area (Å²) in [6.07, 6.45) is -5.39. The summed E-state index contributed by atoms with van der Waals surface area (Å²) in [7, 11) is 0. The van der Waals surface area contributed by atoms with Crippen LogP contribution in [0.2, 0.25) is 0 Å². The molecule has 0 saturated carbocycles. The Hall–Kier alpha value is -2.23. The van der Waals surface area contributed by atoms with Gasteiger partial charge in [-0.15, -0.1) is 8.78 Å². The fourth-order valence-corrected chi connectivity index (χ4v) is 4.01. The molecule has 0 aromatic heterocycles. The van der Waals surface area contributed by atoms with Gasteiger partial charge >= 0.3 is 6.29 Å². The maximum atomic E-state index is 10.4. The highest BCUT2D eigenvalue weighted by Gasteiger charge is 2.43. The lowest BCUT2D eigenvalue weighted by Gasteiger charge is -2.40. The number of aliphatic hydroxyl groups is 4. The van der Waals surface area contributed by atoms with Crippen LogP contribution in [0.3, 0.4) is 0 Å². The van der Waals surface area contributed by atoms with Crippen molar-refractivity contribution in [2.75, 3.05) is 6.61 Å². The molecule has 0 radical (unpaired) electrons. The van der Waals surface area contributed by atoms with Crippen LogP contribution in [0.5, 0.6) is 0 Å². The molecule has 0 bridgehead atoms. The average Bonchev–Trinajstić information content (AvgIpc) is 2.70. The van der Waals surface area contributed by atoms with Crippen molar-refractivity contribution < 1.29 is 38.7 Å². The molecule has 2 aromatic carbocycles. The minimum absolute atomic E-state index is 0.421. The van der Waals surface area contributed by atoms with Crippen LogP contribution in [-0.2, 0) is 24.0 Å². The van der Waals surface area contributed by atoms with Gasteiger partial charge in [-0.1, -0.05) is 36.4 Å². The predicted octanol–water partition coefficient (Wildman–Crippen LogP) is 2.24. The number of aliphatic hydroxyl groups excluding tert-OH is 4. The van der Waals surface area contributed by atoms with Crippen molar-refractivity contribution >= 4 is 6.29 Å². The summed E-state index contributed by atoms with van der Waals surface area (Å²) in [4.78, 5) is 8.11. The van der Waals surface area contributed by atoms with Crippen LogP contribution in [0.25, 0.3) is 0 Å². The molecule has 1 fully saturated rings. The van der Waals surface area contributed by atoms with Gasteiger partial charge in [0.2, 0.25) is 0 Å². The topological polar surface area (TPSA) is 107 Å². The summed E-state index contributed by atoms with van der Waals surface area (Å²) in [6.45, 7) is 1.63. The summed E-state index contributed by atoms with van der Waals surface area (Å²) in [5.74, 6) is 0. The van der Waals surface area contributed by atoms with Crippen molar-refractivity contribution in [3.05, 3.63) is 69.8 Å². The van der Waals surface area contributed by atoms with Crippen LogP contribution in [0.4, 0.5) is 13.6 Å². The van der Waals surface area contributed by atoms with Gasteiger partial charge in [-0.3, -0.25) is 0 Å². The Morgan fingerprint density at radius 2 is 1.68 bits per heavy atom. The molecule has 2 aliphatic rings. The average molecular weight is 436 g/mol. The molecule has 4 N–H and O–H groups in total. The zero-order valence-corrected chi connectivity index (χ0v) is 17.0. The Bertz CT molecular complexity index is 928. The van der Waals surface area contributed by atoms with Gasteiger partial charge in [0.25, 0.3) is 0 Å². The van der Waals surface area contributed by atoms with Crippen molar-refractivity contribution in [1.82, 2.24) is 0 Å². The summed E-state index contributed by atoms with van der Waals surface area (Å²) in [5, 5.41) is 39.8. The van der Waals surface area contributed by atoms with E-state index in [4.69, 9.17) is 9.53 Å². The van der Waals surface area contributed by atoms with Crippen molar-refractivity contribution in [2.45, 2.75) is 56.7 Å². The molecule has 8 heteroatoms. The highest BCUT2D eigenvalue weighted by Crippen LogP contribution is 2.34. The molecule has 1 saturated heterocycles. The molecular weight excluding hydrogens is 410 g/mol. The van der Waals surface area contributed by atoms with Gasteiger partial charge in [0, 0.05) is 0 Å². The van der Waals surface area contributed by atoms with Gasteiger partial charge < -0.3 is 25.2 Å². The summed E-state index contributed by atoms with van der Waals surface area (Å²) in [6, 6.07) is 12.5. The first-order chi connectivity index (χ1) is 14.7. The number of carbonyl (C=O) groups excluding carboxylic acids is 1. The number of hydrogen-bond acceptors (Lipinski definition) is 6. The molecule has 5 atom stereocenters. The van der Waals surface area contributed by atoms with Gasteiger partial charge in [-0.2, -0.15) is 0 Å². The number of fused-ring (bicyclic) bond motifs is 1. The van der Waals surface area contributed by atoms with E-state index in [0.29, 0.717) is 0 Å². The largest absolute Gasteiger partial charge is 0.483 e. The summed E-state index contributed by atoms with van der Waals surface area (Å²) < 4.78 is 25.1. The highest BCUT2D eigenvalue weighted by molar-refractivity contribution is 5.55. The molecule has 31 heavy (non-hydrogen) atoms. The second kappa shape index (κ2) is 9.93. The lowest BCUT2D eigenvalue weighted by atomic mass is 9.85. The third-order valence-corrected chi connectivity index (χ3v) is 5.92. The van der Waals surface area contributed by atoms with E-state index in [-0.39, 0.29) is 0 Å². The van der Waals surface area contributed by atoms with Crippen molar-refractivity contribution in [3.8, 4) is 0 Å². The van der Waals surface area contributed by atoms with Crippen molar-refractivity contribution in [2.24, 2.45) is 0 Å². The van der Waals surface area contributed by atoms with Gasteiger partial charge in [-0.05, 0) is 59.6 Å². The van der Waals surface area contributed by atoms with Crippen LogP contribution in [0, 0.1) is 6.92 Å². The molecule has 168 valence electrons. The maximum absolute atomic E-state index is 10.4. The molecule has 2 aromatic rings. The number of aryl methyl sites for hydroxylation is 3. The fourth-order valence-electron chi connectivity index (χ4n) is 4.01. The lowest BCUT2D eigenvalue weighted by molar-refractivity contribution is -0.231. The van der Waals surface area contributed by atoms with Crippen molar-refractivity contribution in [1.29, 1.82) is 0 Å². The zero-order valence-electron chi connectivity index (χ0n) is 17.0. The molecule has 1 aliphatic carbocycles. The molecular formula is C23H26F2O6. The SMILES string of the molecule is Cc1ccc([C@@H]2O[C@H](CO)[C@@H](O)[C@H](O)[C@H]2O)cc1Cc1ccc2c(c1)CC2.O=C(F)F. The number of rotatable bonds is 4. The third-order valence-electron chi connectivity index (χ3n) is 5.92. The molecule has 1 heterocycles. The van der Waals surface area contributed by atoms with E-state index < -0.39 is 43.4 Å². The minimum Gasteiger partial charge on any atom is -0.394 e. The van der Waals surface area contributed by atoms with Crippen LogP contribution in [-0.4, -0.2) is 57.7 Å². The van der Waals surface area contributed by atoms with Crippen LogP contribution in [0.1, 0.15) is 39.5 Å². The molecule has 4 rings (SSSR count). The molecule has 0 spiro atoms. The van der Waals surface area contributed by atoms with Crippen LogP contribution >= 0.6 is 0 Å². The molecule has 1 aliphatic heterocycles. The number of halogens is 2. The van der Waals surface area contributed by atoms with Crippen LogP contribution < -0.4 is 0 Å². The number of carbonyl (C=O) groups is 1. The van der Waals surface area contributed by atoms with E-state index >= 15 is 0 Å². The van der Waals surface area contributed by atoms with E-state index in [0.717, 1.165) is 29.5 Å². The molecule has 0 amide bonds. The van der Waals surface area contributed by atoms with Gasteiger partial charge in [0.05, 0.1) is 6.61 Å². The Kier molecular flexibility index (Phi) is 7.51. The second-order valence-corrected chi connectivity index (χ2v) is 7.94. The van der Waals surface area contributed by atoms with E-state index in [1.165, 1.54) is 23.1 Å². The quantitative estimate of drug-likeness (QED) is 0.548. The van der Waals surface area contributed by atoms with E-state index in [1.807, 2.05) is 25.1 Å². The van der Waals surface area contributed by atoms with E-state index in [1.54, 1.807) is 0 Å². The Labute approximate surface area is 178 Å². The zero-order chi connectivity index (χ0) is 22.7. The maximum Gasteiger partial charge on any atom is 0.483 e. The van der Waals surface area contributed by atoms with E-state index in [9.17, 15) is 29.2 Å². The molecule has 0 unspecified atom stereocenters. The van der Waals surface area contributed by atoms with E-state index in [2.05, 4.69) is 18.2 Å². The summed E-state index contributed by atoms with van der Waals surface area (Å²) in [5.41, 5.74) is 7.12. The van der Waals surface area contributed by atoms with Crippen LogP contribution in [0.15, 0.2) is 36.4 Å². The standard InChI is InChI=1S/C22H26O5.CF2O/c1-12-2-4-16(22-21(26)20(25)19(24)18(11-23)27-22)10-17(12)9-13-3-5-14-6-7-15(14)8-13;2-1(3)4/h2-5,8,10,18-26H,6-7,9,11H2,1H3;/t18-,19-,20+,21-,22+;/m1./s1. The fraction of sp³-hybridized carbons (Fsp3) is 0.435. The van der Waals surface area contributed by atoms with Gasteiger partial charge in [-0.25, -0.2) is 4.79 Å². The smallest absolute Gasteiger partial charge is 0.394 e. The number of ether oxygens (including phenoxy) is 1. The van der Waals surface area contributed by atoms with Gasteiger partial charge in [0.15, 0.2) is 0 Å². The predicted molar refractivity (Wildman–Crippen MR) is 108 cm³/mol. The first-order valence-electron chi connectivity index (χ1n) is 10.1. The first-order valence-corrected chi connectivity index (χ1v) is 10.1. The third kappa shape index (κ3) is 5.34. The monoisotopic (exact) mass is 436 g/mol. The minimum atomic E-state index is -2.83. The van der Waals surface area contributed by atoms with Gasteiger partial charge in [0.1, 0.15) is 30.5 Å². The number of benzene rings is 2. The highest BCUT2D eigenvalue weighted by atomic mass is 19.3. The Morgan fingerprint density at radius 3 is 2.26 bits per heavy atom. The lowest BCUT2D eigenvalue weighted by Crippen LogP contribution is -2.55. The Balaban J connectivity index is 0.000000628. The van der Waals surface area contributed by atoms with Crippen molar-refractivity contribution in [3.63, 3.8) is 0 Å². The Morgan fingerprint density at radius 1 is 1.00 bits per heavy atom. The number of hydrogen-bond donors (Lipinski definition) is 4.